The molecule has 0 fully saturated rings. The molecule has 0 N–H and O–H groups in total. The summed E-state index contributed by atoms with van der Waals surface area (Å²) in [5.74, 6) is -0.874. The Balaban J connectivity index is 2.11. The van der Waals surface area contributed by atoms with Gasteiger partial charge in [-0.15, -0.1) is 5.10 Å². The van der Waals surface area contributed by atoms with E-state index in [0.717, 1.165) is 11.8 Å². The molecule has 19 heavy (non-hydrogen) atoms. The van der Waals surface area contributed by atoms with Crippen molar-refractivity contribution in [2.75, 3.05) is 6.61 Å². The largest absolute Gasteiger partial charge is 0.459 e. The van der Waals surface area contributed by atoms with Crippen LogP contribution in [0.15, 0.2) is 33.0 Å². The fraction of sp³-hybridized carbons (Fsp3) is 0.182. The van der Waals surface area contributed by atoms with Gasteiger partial charge in [0, 0.05) is 6.20 Å². The number of esters is 1. The van der Waals surface area contributed by atoms with Crippen LogP contribution in [0.25, 0.3) is 0 Å². The molecule has 0 aliphatic rings. The van der Waals surface area contributed by atoms with Crippen molar-refractivity contribution in [3.63, 3.8) is 0 Å². The molecule has 0 saturated heterocycles. The summed E-state index contributed by atoms with van der Waals surface area (Å²) < 4.78 is 9.84. The zero-order valence-corrected chi connectivity index (χ0v) is 10.7. The van der Waals surface area contributed by atoms with Crippen molar-refractivity contribution in [1.29, 1.82) is 5.26 Å². The minimum absolute atomic E-state index is 0.158. The first-order valence-corrected chi connectivity index (χ1v) is 6.09. The highest BCUT2D eigenvalue weighted by molar-refractivity contribution is 7.99. The Labute approximate surface area is 112 Å². The van der Waals surface area contributed by atoms with Gasteiger partial charge in [0.2, 0.25) is 0 Å². The van der Waals surface area contributed by atoms with Gasteiger partial charge in [-0.3, -0.25) is 0 Å². The van der Waals surface area contributed by atoms with E-state index in [1.165, 1.54) is 6.20 Å². The molecule has 2 rings (SSSR count). The average Bonchev–Trinajstić information content (AvgIpc) is 2.88. The fourth-order valence-corrected chi connectivity index (χ4v) is 1.83. The lowest BCUT2D eigenvalue weighted by atomic mass is 10.3. The summed E-state index contributed by atoms with van der Waals surface area (Å²) in [7, 11) is 0. The molecule has 7 nitrogen and oxygen atoms in total. The summed E-state index contributed by atoms with van der Waals surface area (Å²) in [6.45, 7) is 1.91. The maximum absolute atomic E-state index is 11.3. The fourth-order valence-electron chi connectivity index (χ4n) is 1.15. The van der Waals surface area contributed by atoms with Crippen LogP contribution < -0.4 is 0 Å². The van der Waals surface area contributed by atoms with E-state index in [1.807, 2.05) is 6.07 Å². The topological polar surface area (TPSA) is 102 Å². The van der Waals surface area contributed by atoms with Gasteiger partial charge in [0.05, 0.1) is 18.2 Å². The van der Waals surface area contributed by atoms with Crippen LogP contribution in [-0.2, 0) is 4.74 Å². The Morgan fingerprint density at radius 3 is 3.16 bits per heavy atom. The Kier molecular flexibility index (Phi) is 4.10. The van der Waals surface area contributed by atoms with Gasteiger partial charge in [0.1, 0.15) is 5.03 Å². The van der Waals surface area contributed by atoms with Crippen LogP contribution in [0.2, 0.25) is 0 Å². The Hall–Kier alpha value is -2.40. The number of carbonyl (C=O) groups excluding carboxylic acids is 1. The molecule has 2 aromatic heterocycles. The molecule has 0 bridgehead atoms. The van der Waals surface area contributed by atoms with Crippen LogP contribution in [-0.4, -0.2) is 27.8 Å². The molecule has 0 saturated carbocycles. The second-order valence-electron chi connectivity index (χ2n) is 3.19. The minimum atomic E-state index is -0.666. The zero-order valence-electron chi connectivity index (χ0n) is 9.86. The highest BCUT2D eigenvalue weighted by Crippen LogP contribution is 2.25. The van der Waals surface area contributed by atoms with Crippen LogP contribution in [0.3, 0.4) is 0 Å². The van der Waals surface area contributed by atoms with Crippen molar-refractivity contribution in [3.8, 4) is 6.07 Å². The molecule has 0 amide bonds. The van der Waals surface area contributed by atoms with E-state index < -0.39 is 5.97 Å². The standard InChI is InChI=1S/C11H8N4O3S/c1-2-17-10(16)9-14-15-11(18-9)19-8-5-7(6-12)3-4-13-8/h3-5H,2H2,1H3. The Bertz CT molecular complexity index is 635. The predicted molar refractivity (Wildman–Crippen MR) is 63.3 cm³/mol. The third kappa shape index (κ3) is 3.29. The van der Waals surface area contributed by atoms with Crippen molar-refractivity contribution >= 4 is 17.7 Å². The summed E-state index contributed by atoms with van der Waals surface area (Å²) in [6.07, 6.45) is 1.50. The molecule has 0 aromatic carbocycles. The molecule has 2 aromatic rings. The number of rotatable bonds is 4. The van der Waals surface area contributed by atoms with E-state index in [9.17, 15) is 4.79 Å². The van der Waals surface area contributed by atoms with Gasteiger partial charge in [-0.1, -0.05) is 5.10 Å². The van der Waals surface area contributed by atoms with Gasteiger partial charge in [0.15, 0.2) is 0 Å². The lowest BCUT2D eigenvalue weighted by Gasteiger charge is -1.96. The van der Waals surface area contributed by atoms with Gasteiger partial charge in [-0.05, 0) is 30.8 Å². The van der Waals surface area contributed by atoms with Crippen molar-refractivity contribution in [2.45, 2.75) is 17.2 Å². The highest BCUT2D eigenvalue weighted by Gasteiger charge is 2.16. The van der Waals surface area contributed by atoms with Crippen LogP contribution in [0.5, 0.6) is 0 Å². The maximum atomic E-state index is 11.3. The van der Waals surface area contributed by atoms with Gasteiger partial charge in [-0.25, -0.2) is 9.78 Å². The van der Waals surface area contributed by atoms with Gasteiger partial charge in [-0.2, -0.15) is 5.26 Å². The molecule has 0 unspecified atom stereocenters. The summed E-state index contributed by atoms with van der Waals surface area (Å²) >= 11 is 1.06. The molecule has 0 atom stereocenters. The van der Waals surface area contributed by atoms with Crippen molar-refractivity contribution < 1.29 is 13.9 Å². The minimum Gasteiger partial charge on any atom is -0.459 e. The number of ether oxygens (including phenoxy) is 1. The molecule has 8 heteroatoms. The number of carbonyl (C=O) groups is 1. The molecular formula is C11H8N4O3S. The predicted octanol–water partition coefficient (Wildman–Crippen LogP) is 1.66. The van der Waals surface area contributed by atoms with Crippen LogP contribution in [0.4, 0.5) is 0 Å². The molecule has 2 heterocycles. The number of nitriles is 1. The van der Waals surface area contributed by atoms with Crippen LogP contribution in [0.1, 0.15) is 23.2 Å². The number of hydrogen-bond acceptors (Lipinski definition) is 8. The van der Waals surface area contributed by atoms with E-state index in [1.54, 1.807) is 19.1 Å². The third-order valence-electron chi connectivity index (χ3n) is 1.91. The lowest BCUT2D eigenvalue weighted by molar-refractivity contribution is 0.0475. The molecule has 0 aliphatic carbocycles. The Morgan fingerprint density at radius 1 is 1.58 bits per heavy atom. The van der Waals surface area contributed by atoms with E-state index >= 15 is 0 Å². The van der Waals surface area contributed by atoms with E-state index in [2.05, 4.69) is 15.2 Å². The summed E-state index contributed by atoms with van der Waals surface area (Å²) in [5.41, 5.74) is 0.475. The van der Waals surface area contributed by atoms with Crippen molar-refractivity contribution in [1.82, 2.24) is 15.2 Å². The van der Waals surface area contributed by atoms with E-state index in [0.29, 0.717) is 10.6 Å². The number of nitrogens with zero attached hydrogens (tertiary/aromatic N) is 4. The quantitative estimate of drug-likeness (QED) is 0.777. The molecule has 0 aliphatic heterocycles. The highest BCUT2D eigenvalue weighted by atomic mass is 32.2. The third-order valence-corrected chi connectivity index (χ3v) is 2.68. The molecule has 0 spiro atoms. The first kappa shape index (κ1) is 13.0. The first-order chi connectivity index (χ1) is 9.22. The van der Waals surface area contributed by atoms with Crippen molar-refractivity contribution in [3.05, 3.63) is 29.8 Å². The summed E-state index contributed by atoms with van der Waals surface area (Å²) in [6, 6.07) is 5.17. The molecule has 96 valence electrons. The summed E-state index contributed by atoms with van der Waals surface area (Å²) in [4.78, 5) is 15.4. The van der Waals surface area contributed by atoms with Gasteiger partial charge < -0.3 is 9.15 Å². The SMILES string of the molecule is CCOC(=O)c1nnc(Sc2cc(C#N)ccn2)o1. The number of hydrogen-bond donors (Lipinski definition) is 0. The first-order valence-electron chi connectivity index (χ1n) is 5.27. The van der Waals surface area contributed by atoms with Crippen LogP contribution in [0, 0.1) is 11.3 Å². The smallest absolute Gasteiger partial charge is 0.396 e. The summed E-state index contributed by atoms with van der Waals surface area (Å²) in [5, 5.41) is 16.7. The average molecular weight is 276 g/mol. The lowest BCUT2D eigenvalue weighted by Crippen LogP contribution is -2.04. The van der Waals surface area contributed by atoms with E-state index in [-0.39, 0.29) is 17.7 Å². The monoisotopic (exact) mass is 276 g/mol. The number of pyridine rings is 1. The van der Waals surface area contributed by atoms with Crippen molar-refractivity contribution in [2.24, 2.45) is 0 Å². The normalized spacial score (nSPS) is 9.89. The molecule has 0 radical (unpaired) electrons. The molecular weight excluding hydrogens is 268 g/mol. The Morgan fingerprint density at radius 2 is 2.42 bits per heavy atom. The second kappa shape index (κ2) is 5.97. The number of aromatic nitrogens is 3. The van der Waals surface area contributed by atoms with Gasteiger partial charge >= 0.3 is 11.9 Å². The second-order valence-corrected chi connectivity index (χ2v) is 4.16. The van der Waals surface area contributed by atoms with E-state index in [4.69, 9.17) is 14.4 Å². The zero-order chi connectivity index (χ0) is 13.7. The van der Waals surface area contributed by atoms with Gasteiger partial charge in [0.25, 0.3) is 5.22 Å². The maximum Gasteiger partial charge on any atom is 0.396 e. The van der Waals surface area contributed by atoms with Crippen LogP contribution >= 0.6 is 11.8 Å².